The number of methoxy groups -OCH3 is 2. The maximum Gasteiger partial charge on any atom is 0.340 e. The first kappa shape index (κ1) is 30.1. The maximum absolute atomic E-state index is 13.6. The fourth-order valence-corrected chi connectivity index (χ4v) is 4.85. The first-order valence-corrected chi connectivity index (χ1v) is 13.2. The number of carbonyl (C=O) groups excluding carboxylic acids is 2. The molecule has 0 radical (unpaired) electrons. The quantitative estimate of drug-likeness (QED) is 0.377. The lowest BCUT2D eigenvalue weighted by atomic mass is 10.0. The normalized spacial score (nSPS) is 24.6. The molecule has 0 amide bonds. The average Bonchev–Trinajstić information content (AvgIpc) is 3.48. The number of esters is 2. The van der Waals surface area contributed by atoms with E-state index in [-0.39, 0.29) is 13.2 Å². The van der Waals surface area contributed by atoms with Gasteiger partial charge in [-0.1, -0.05) is 60.7 Å². The van der Waals surface area contributed by atoms with Crippen molar-refractivity contribution in [3.63, 3.8) is 0 Å². The van der Waals surface area contributed by atoms with Crippen LogP contribution in [-0.2, 0) is 47.5 Å². The molecule has 218 valence electrons. The standard InChI is InChI=1S/C30H38O10/c1-29(2)35-17-21(39-29)25(37-27(31)23(33-5)19-13-9-7-10-14-19)26(22-18-36-30(3,4)40-22)38-28(32)24(34-6)20-15-11-8-12-16-20/h7-16,21-26H,17-18H2,1-6H3/t21-,22-,23-,24-,25-,26-/m1/s1. The third kappa shape index (κ3) is 7.25. The largest absolute Gasteiger partial charge is 0.453 e. The topological polar surface area (TPSA) is 108 Å². The lowest BCUT2D eigenvalue weighted by Crippen LogP contribution is -2.52. The average molecular weight is 559 g/mol. The third-order valence-corrected chi connectivity index (χ3v) is 6.73. The zero-order valence-corrected chi connectivity index (χ0v) is 23.7. The zero-order chi connectivity index (χ0) is 28.9. The van der Waals surface area contributed by atoms with Gasteiger partial charge in [0, 0.05) is 14.2 Å². The van der Waals surface area contributed by atoms with Gasteiger partial charge in [0.25, 0.3) is 0 Å². The van der Waals surface area contributed by atoms with Crippen LogP contribution in [0, 0.1) is 0 Å². The molecule has 0 spiro atoms. The van der Waals surface area contributed by atoms with Crippen LogP contribution in [0.15, 0.2) is 60.7 Å². The van der Waals surface area contributed by atoms with Crippen molar-refractivity contribution in [2.75, 3.05) is 27.4 Å². The Bertz CT molecular complexity index is 1030. The number of rotatable bonds is 11. The Morgan fingerprint density at radius 2 is 1.02 bits per heavy atom. The van der Waals surface area contributed by atoms with Crippen LogP contribution in [0.3, 0.4) is 0 Å². The minimum atomic E-state index is -1.13. The molecule has 2 fully saturated rings. The van der Waals surface area contributed by atoms with Crippen LogP contribution in [0.25, 0.3) is 0 Å². The van der Waals surface area contributed by atoms with Crippen LogP contribution in [0.4, 0.5) is 0 Å². The van der Waals surface area contributed by atoms with Gasteiger partial charge in [0.15, 0.2) is 36.0 Å². The van der Waals surface area contributed by atoms with E-state index in [1.54, 1.807) is 76.2 Å². The molecule has 10 heteroatoms. The molecule has 2 aromatic carbocycles. The number of hydrogen-bond acceptors (Lipinski definition) is 10. The van der Waals surface area contributed by atoms with Crippen LogP contribution in [0.1, 0.15) is 51.0 Å². The highest BCUT2D eigenvalue weighted by atomic mass is 16.8. The molecule has 2 aromatic rings. The Labute approximate surface area is 234 Å². The van der Waals surface area contributed by atoms with E-state index in [9.17, 15) is 9.59 Å². The summed E-state index contributed by atoms with van der Waals surface area (Å²) in [5.74, 6) is -3.26. The lowest BCUT2D eigenvalue weighted by Gasteiger charge is -2.35. The van der Waals surface area contributed by atoms with E-state index >= 15 is 0 Å². The SMILES string of the molecule is CO[C@@H](C(=O)O[C@@H]([C@H](OC(=O)[C@H](OC)c1ccccc1)[C@H]1COC(C)(C)O1)[C@H]1COC(C)(C)O1)c1ccccc1. The van der Waals surface area contributed by atoms with Gasteiger partial charge in [-0.15, -0.1) is 0 Å². The summed E-state index contributed by atoms with van der Waals surface area (Å²) in [6, 6.07) is 17.9. The van der Waals surface area contributed by atoms with Gasteiger partial charge >= 0.3 is 11.9 Å². The van der Waals surface area contributed by atoms with Gasteiger partial charge in [-0.25, -0.2) is 9.59 Å². The van der Waals surface area contributed by atoms with Crippen molar-refractivity contribution in [2.45, 2.75) is 75.9 Å². The first-order chi connectivity index (χ1) is 19.0. The Morgan fingerprint density at radius 1 is 0.675 bits per heavy atom. The van der Waals surface area contributed by atoms with E-state index in [0.29, 0.717) is 11.1 Å². The smallest absolute Gasteiger partial charge is 0.340 e. The Hall–Kier alpha value is -2.86. The summed E-state index contributed by atoms with van der Waals surface area (Å²) in [6.07, 6.45) is -5.87. The Balaban J connectivity index is 1.67. The molecule has 0 saturated carbocycles. The minimum Gasteiger partial charge on any atom is -0.453 e. The highest BCUT2D eigenvalue weighted by Crippen LogP contribution is 2.34. The molecule has 0 aliphatic carbocycles. The van der Waals surface area contributed by atoms with Gasteiger partial charge < -0.3 is 37.9 Å². The second-order valence-electron chi connectivity index (χ2n) is 10.6. The molecule has 4 rings (SSSR count). The molecule has 2 heterocycles. The molecular formula is C30H38O10. The van der Waals surface area contributed by atoms with Gasteiger partial charge in [-0.2, -0.15) is 0 Å². The summed E-state index contributed by atoms with van der Waals surface area (Å²) >= 11 is 0. The van der Waals surface area contributed by atoms with Gasteiger partial charge in [0.05, 0.1) is 13.2 Å². The fourth-order valence-electron chi connectivity index (χ4n) is 4.85. The second kappa shape index (κ2) is 12.8. The number of carbonyl (C=O) groups is 2. The molecule has 2 saturated heterocycles. The molecule has 0 N–H and O–H groups in total. The van der Waals surface area contributed by atoms with Crippen LogP contribution in [0.5, 0.6) is 0 Å². The van der Waals surface area contributed by atoms with Gasteiger partial charge in [-0.3, -0.25) is 0 Å². The molecule has 10 nitrogen and oxygen atoms in total. The Kier molecular flexibility index (Phi) is 9.60. The van der Waals surface area contributed by atoms with Crippen molar-refractivity contribution in [1.29, 1.82) is 0 Å². The number of ether oxygens (including phenoxy) is 8. The zero-order valence-electron chi connectivity index (χ0n) is 23.7. The second-order valence-corrected chi connectivity index (χ2v) is 10.6. The van der Waals surface area contributed by atoms with E-state index in [2.05, 4.69) is 0 Å². The summed E-state index contributed by atoms with van der Waals surface area (Å²) in [5.41, 5.74) is 1.22. The predicted octanol–water partition coefficient (Wildman–Crippen LogP) is 3.89. The summed E-state index contributed by atoms with van der Waals surface area (Å²) in [7, 11) is 2.84. The summed E-state index contributed by atoms with van der Waals surface area (Å²) in [4.78, 5) is 27.1. The third-order valence-electron chi connectivity index (χ3n) is 6.73. The molecule has 2 aliphatic rings. The summed E-state index contributed by atoms with van der Waals surface area (Å²) < 4.78 is 47.0. The summed E-state index contributed by atoms with van der Waals surface area (Å²) in [6.45, 7) is 7.19. The first-order valence-electron chi connectivity index (χ1n) is 13.2. The van der Waals surface area contributed by atoms with Crippen molar-refractivity contribution in [1.82, 2.24) is 0 Å². The van der Waals surface area contributed by atoms with Gasteiger partial charge in [0.2, 0.25) is 0 Å². The van der Waals surface area contributed by atoms with Crippen molar-refractivity contribution in [3.8, 4) is 0 Å². The van der Waals surface area contributed by atoms with Gasteiger partial charge in [0.1, 0.15) is 12.2 Å². The van der Waals surface area contributed by atoms with Crippen LogP contribution in [-0.4, -0.2) is 75.4 Å². The van der Waals surface area contributed by atoms with Crippen LogP contribution in [0.2, 0.25) is 0 Å². The van der Waals surface area contributed by atoms with E-state index in [1.165, 1.54) is 14.2 Å². The number of hydrogen-bond donors (Lipinski definition) is 0. The highest BCUT2D eigenvalue weighted by molar-refractivity contribution is 5.78. The van der Waals surface area contributed by atoms with Crippen molar-refractivity contribution < 1.29 is 47.5 Å². The van der Waals surface area contributed by atoms with E-state index < -0.39 is 60.1 Å². The Morgan fingerprint density at radius 3 is 1.30 bits per heavy atom. The van der Waals surface area contributed by atoms with Gasteiger partial charge in [-0.05, 0) is 38.8 Å². The van der Waals surface area contributed by atoms with Crippen LogP contribution < -0.4 is 0 Å². The molecule has 0 aromatic heterocycles. The van der Waals surface area contributed by atoms with E-state index in [0.717, 1.165) is 0 Å². The molecule has 2 aliphatic heterocycles. The minimum absolute atomic E-state index is 0.0886. The van der Waals surface area contributed by atoms with E-state index in [1.807, 2.05) is 12.1 Å². The molecule has 40 heavy (non-hydrogen) atoms. The lowest BCUT2D eigenvalue weighted by molar-refractivity contribution is -0.216. The molecular weight excluding hydrogens is 520 g/mol. The molecule has 0 bridgehead atoms. The fraction of sp³-hybridized carbons (Fsp3) is 0.533. The van der Waals surface area contributed by atoms with Crippen LogP contribution >= 0.6 is 0 Å². The predicted molar refractivity (Wildman–Crippen MR) is 142 cm³/mol. The molecule has 0 unspecified atom stereocenters. The molecule has 6 atom stereocenters. The van der Waals surface area contributed by atoms with Crippen molar-refractivity contribution in [3.05, 3.63) is 71.8 Å². The van der Waals surface area contributed by atoms with Crippen molar-refractivity contribution >= 4 is 11.9 Å². The van der Waals surface area contributed by atoms with E-state index in [4.69, 9.17) is 37.9 Å². The highest BCUT2D eigenvalue weighted by Gasteiger charge is 2.51. The van der Waals surface area contributed by atoms with Crippen molar-refractivity contribution in [2.24, 2.45) is 0 Å². The maximum atomic E-state index is 13.6. The monoisotopic (exact) mass is 558 g/mol. The number of benzene rings is 2. The summed E-state index contributed by atoms with van der Waals surface area (Å²) in [5, 5.41) is 0.